The standard InChI is InChI=1S/C13H16ClNO3/c1-9(16)8-12(17)13(18)15-7-6-10-2-4-11(14)5-3-10/h2-5,9,16H,6-8H2,1H3,(H,15,18)/t9-/m1/s1. The number of aliphatic hydroxyl groups excluding tert-OH is 1. The Labute approximate surface area is 111 Å². The van der Waals surface area contributed by atoms with Crippen LogP contribution < -0.4 is 5.32 Å². The van der Waals surface area contributed by atoms with E-state index in [4.69, 9.17) is 16.7 Å². The van der Waals surface area contributed by atoms with Gasteiger partial charge in [0.25, 0.3) is 5.91 Å². The number of aliphatic hydroxyl groups is 1. The van der Waals surface area contributed by atoms with E-state index in [1.165, 1.54) is 6.92 Å². The molecule has 5 heteroatoms. The van der Waals surface area contributed by atoms with Gasteiger partial charge < -0.3 is 10.4 Å². The van der Waals surface area contributed by atoms with Gasteiger partial charge in [0.15, 0.2) is 0 Å². The largest absolute Gasteiger partial charge is 0.393 e. The molecule has 18 heavy (non-hydrogen) atoms. The number of carbonyl (C=O) groups excluding carboxylic acids is 2. The Morgan fingerprint density at radius 2 is 1.94 bits per heavy atom. The van der Waals surface area contributed by atoms with Crippen LogP contribution in [0, 0.1) is 0 Å². The summed E-state index contributed by atoms with van der Waals surface area (Å²) >= 11 is 5.75. The highest BCUT2D eigenvalue weighted by atomic mass is 35.5. The van der Waals surface area contributed by atoms with Gasteiger partial charge in [-0.05, 0) is 31.0 Å². The molecule has 2 N–H and O–H groups in total. The van der Waals surface area contributed by atoms with Crippen LogP contribution in [-0.2, 0) is 16.0 Å². The molecule has 4 nitrogen and oxygen atoms in total. The minimum absolute atomic E-state index is 0.146. The quantitative estimate of drug-likeness (QED) is 0.766. The molecule has 0 saturated carbocycles. The normalized spacial score (nSPS) is 11.9. The van der Waals surface area contributed by atoms with Crippen molar-refractivity contribution >= 4 is 23.3 Å². The van der Waals surface area contributed by atoms with Gasteiger partial charge in [0, 0.05) is 18.0 Å². The second kappa shape index (κ2) is 7.13. The molecule has 0 unspecified atom stereocenters. The Balaban J connectivity index is 2.31. The Bertz CT molecular complexity index is 415. The van der Waals surface area contributed by atoms with E-state index in [2.05, 4.69) is 5.32 Å². The van der Waals surface area contributed by atoms with E-state index < -0.39 is 17.8 Å². The van der Waals surface area contributed by atoms with Crippen molar-refractivity contribution in [3.63, 3.8) is 0 Å². The zero-order valence-corrected chi connectivity index (χ0v) is 10.9. The Morgan fingerprint density at radius 1 is 1.33 bits per heavy atom. The van der Waals surface area contributed by atoms with Gasteiger partial charge in [0.05, 0.1) is 6.10 Å². The van der Waals surface area contributed by atoms with Crippen LogP contribution in [0.5, 0.6) is 0 Å². The summed E-state index contributed by atoms with van der Waals surface area (Å²) in [6, 6.07) is 7.28. The molecule has 0 aliphatic heterocycles. The van der Waals surface area contributed by atoms with Gasteiger partial charge in [-0.1, -0.05) is 23.7 Å². The summed E-state index contributed by atoms with van der Waals surface area (Å²) in [5.41, 5.74) is 1.03. The van der Waals surface area contributed by atoms with E-state index in [1.54, 1.807) is 12.1 Å². The molecule has 0 saturated heterocycles. The van der Waals surface area contributed by atoms with Crippen molar-refractivity contribution < 1.29 is 14.7 Å². The predicted octanol–water partition coefficient (Wildman–Crippen LogP) is 1.34. The lowest BCUT2D eigenvalue weighted by molar-refractivity contribution is -0.138. The number of carbonyl (C=O) groups is 2. The van der Waals surface area contributed by atoms with Crippen LogP contribution in [0.25, 0.3) is 0 Å². The number of hydrogen-bond acceptors (Lipinski definition) is 3. The average molecular weight is 270 g/mol. The molecule has 0 spiro atoms. The third-order valence-electron chi connectivity index (χ3n) is 2.35. The fourth-order valence-corrected chi connectivity index (χ4v) is 1.56. The fraction of sp³-hybridized carbons (Fsp3) is 0.385. The number of Topliss-reactive ketones (excluding diaryl/α,β-unsaturated/α-hetero) is 1. The second-order valence-electron chi connectivity index (χ2n) is 4.11. The molecule has 0 fully saturated rings. The van der Waals surface area contributed by atoms with Crippen molar-refractivity contribution in [2.24, 2.45) is 0 Å². The van der Waals surface area contributed by atoms with Gasteiger partial charge in [0.2, 0.25) is 5.78 Å². The molecular weight excluding hydrogens is 254 g/mol. The van der Waals surface area contributed by atoms with E-state index in [1.807, 2.05) is 12.1 Å². The fourth-order valence-electron chi connectivity index (χ4n) is 1.43. The van der Waals surface area contributed by atoms with Crippen LogP contribution in [-0.4, -0.2) is 29.4 Å². The van der Waals surface area contributed by atoms with E-state index in [9.17, 15) is 9.59 Å². The molecule has 0 radical (unpaired) electrons. The zero-order chi connectivity index (χ0) is 13.5. The maximum absolute atomic E-state index is 11.3. The van der Waals surface area contributed by atoms with E-state index in [0.29, 0.717) is 18.0 Å². The molecule has 0 heterocycles. The first kappa shape index (κ1) is 14.7. The van der Waals surface area contributed by atoms with Gasteiger partial charge >= 0.3 is 0 Å². The number of nitrogens with one attached hydrogen (secondary N) is 1. The van der Waals surface area contributed by atoms with E-state index in [0.717, 1.165) is 5.56 Å². The lowest BCUT2D eigenvalue weighted by Gasteiger charge is -2.06. The van der Waals surface area contributed by atoms with Gasteiger partial charge in [-0.2, -0.15) is 0 Å². The van der Waals surface area contributed by atoms with Crippen molar-refractivity contribution in [2.75, 3.05) is 6.54 Å². The van der Waals surface area contributed by atoms with Gasteiger partial charge in [-0.15, -0.1) is 0 Å². The minimum atomic E-state index is -0.792. The first-order chi connectivity index (χ1) is 8.49. The lowest BCUT2D eigenvalue weighted by atomic mass is 10.1. The third kappa shape index (κ3) is 5.29. The third-order valence-corrected chi connectivity index (χ3v) is 2.60. The van der Waals surface area contributed by atoms with Crippen molar-refractivity contribution in [2.45, 2.75) is 25.9 Å². The Kier molecular flexibility index (Phi) is 5.82. The SMILES string of the molecule is C[C@@H](O)CC(=O)C(=O)NCCc1ccc(Cl)cc1. The highest BCUT2D eigenvalue weighted by molar-refractivity contribution is 6.36. The first-order valence-electron chi connectivity index (χ1n) is 5.72. The second-order valence-corrected chi connectivity index (χ2v) is 4.55. The molecule has 1 amide bonds. The maximum atomic E-state index is 11.3. The van der Waals surface area contributed by atoms with Crippen LogP contribution in [0.3, 0.4) is 0 Å². The molecule has 0 bridgehead atoms. The summed E-state index contributed by atoms with van der Waals surface area (Å²) in [6.45, 7) is 1.85. The van der Waals surface area contributed by atoms with Crippen LogP contribution in [0.15, 0.2) is 24.3 Å². The van der Waals surface area contributed by atoms with Gasteiger partial charge in [-0.25, -0.2) is 0 Å². The first-order valence-corrected chi connectivity index (χ1v) is 6.10. The molecule has 1 aromatic carbocycles. The maximum Gasteiger partial charge on any atom is 0.287 e. The number of ketones is 1. The van der Waals surface area contributed by atoms with Gasteiger partial charge in [0.1, 0.15) is 0 Å². The summed E-state index contributed by atoms with van der Waals surface area (Å²) in [5.74, 6) is -1.24. The van der Waals surface area contributed by atoms with Crippen LogP contribution in [0.2, 0.25) is 5.02 Å². The van der Waals surface area contributed by atoms with Crippen molar-refractivity contribution in [1.29, 1.82) is 0 Å². The van der Waals surface area contributed by atoms with Crippen LogP contribution >= 0.6 is 11.6 Å². The van der Waals surface area contributed by atoms with Crippen LogP contribution in [0.4, 0.5) is 0 Å². The molecule has 1 rings (SSSR count). The topological polar surface area (TPSA) is 66.4 Å². The monoisotopic (exact) mass is 269 g/mol. The molecule has 98 valence electrons. The number of rotatable bonds is 6. The Hall–Kier alpha value is -1.39. The molecule has 1 atom stereocenters. The van der Waals surface area contributed by atoms with Crippen molar-refractivity contribution in [3.8, 4) is 0 Å². The summed E-state index contributed by atoms with van der Waals surface area (Å²) in [4.78, 5) is 22.6. The van der Waals surface area contributed by atoms with Crippen molar-refractivity contribution in [3.05, 3.63) is 34.9 Å². The predicted molar refractivity (Wildman–Crippen MR) is 69.5 cm³/mol. The van der Waals surface area contributed by atoms with Crippen molar-refractivity contribution in [1.82, 2.24) is 5.32 Å². The van der Waals surface area contributed by atoms with E-state index >= 15 is 0 Å². The zero-order valence-electron chi connectivity index (χ0n) is 10.1. The van der Waals surface area contributed by atoms with Crippen LogP contribution in [0.1, 0.15) is 18.9 Å². The number of halogens is 1. The average Bonchev–Trinajstić information content (AvgIpc) is 2.30. The molecule has 0 aliphatic rings. The molecular formula is C13H16ClNO3. The molecule has 0 aromatic heterocycles. The number of benzene rings is 1. The number of hydrogen-bond donors (Lipinski definition) is 2. The summed E-state index contributed by atoms with van der Waals surface area (Å²) in [5, 5.41) is 12.2. The summed E-state index contributed by atoms with van der Waals surface area (Å²) < 4.78 is 0. The summed E-state index contributed by atoms with van der Waals surface area (Å²) in [7, 11) is 0. The van der Waals surface area contributed by atoms with Gasteiger partial charge in [-0.3, -0.25) is 9.59 Å². The molecule has 1 aromatic rings. The highest BCUT2D eigenvalue weighted by Gasteiger charge is 2.14. The van der Waals surface area contributed by atoms with E-state index in [-0.39, 0.29) is 6.42 Å². The number of amides is 1. The minimum Gasteiger partial charge on any atom is -0.393 e. The summed E-state index contributed by atoms with van der Waals surface area (Å²) in [6.07, 6.45) is -0.308. The lowest BCUT2D eigenvalue weighted by Crippen LogP contribution is -2.33. The molecule has 0 aliphatic carbocycles. The smallest absolute Gasteiger partial charge is 0.287 e. The Morgan fingerprint density at radius 3 is 2.50 bits per heavy atom. The highest BCUT2D eigenvalue weighted by Crippen LogP contribution is 2.09.